The first-order valence-electron chi connectivity index (χ1n) is 6.16. The summed E-state index contributed by atoms with van der Waals surface area (Å²) in [6.45, 7) is 7.73. The topological polar surface area (TPSA) is 50.8 Å². The van der Waals surface area contributed by atoms with Crippen molar-refractivity contribution < 1.29 is 14.3 Å². The molecule has 1 unspecified atom stereocenters. The van der Waals surface area contributed by atoms with Crippen LogP contribution in [0, 0.1) is 0 Å². The molecule has 0 heterocycles. The highest BCUT2D eigenvalue weighted by Gasteiger charge is 2.09. The summed E-state index contributed by atoms with van der Waals surface area (Å²) in [6.07, 6.45) is 0.426. The Morgan fingerprint density at radius 2 is 2.12 bits per heavy atom. The van der Waals surface area contributed by atoms with Gasteiger partial charge in [-0.2, -0.15) is 0 Å². The van der Waals surface area contributed by atoms with Crippen LogP contribution < -0.4 is 5.32 Å². The number of nitrogens with one attached hydrogen (secondary N) is 1. The molecule has 0 amide bonds. The van der Waals surface area contributed by atoms with Crippen molar-refractivity contribution in [2.24, 2.45) is 0 Å². The summed E-state index contributed by atoms with van der Waals surface area (Å²) in [5.41, 5.74) is 0. The maximum atomic E-state index is 11.2. The second kappa shape index (κ2) is 10.5. The molecule has 0 fully saturated rings. The Morgan fingerprint density at radius 1 is 1.41 bits per heavy atom. The Balaban J connectivity index is 3.49. The average molecular weight is 246 g/mol. The molecule has 0 radical (unpaired) electrons. The predicted molar refractivity (Wildman–Crippen MR) is 68.1 cm³/mol. The van der Waals surface area contributed by atoms with Crippen molar-refractivity contribution in [3.8, 4) is 0 Å². The molecule has 5 heteroatoms. The Morgan fingerprint density at radius 3 is 2.71 bits per heavy atom. The van der Waals surface area contributed by atoms with E-state index in [1.807, 2.05) is 13.8 Å². The van der Waals surface area contributed by atoms with Crippen molar-refractivity contribution in [1.29, 1.82) is 0 Å². The van der Waals surface area contributed by atoms with E-state index in [2.05, 4.69) is 17.3 Å². The summed E-state index contributed by atoms with van der Waals surface area (Å²) in [6, 6.07) is 0.157. The summed E-state index contributed by atoms with van der Waals surface area (Å²) in [7, 11) is 3.75. The minimum atomic E-state index is -0.139. The molecule has 0 aliphatic rings. The van der Waals surface area contributed by atoms with Crippen molar-refractivity contribution in [2.75, 3.05) is 47.0 Å². The fourth-order valence-corrected chi connectivity index (χ4v) is 1.40. The maximum absolute atomic E-state index is 11.2. The van der Waals surface area contributed by atoms with E-state index in [9.17, 15) is 4.79 Å². The lowest BCUT2D eigenvalue weighted by atomic mass is 10.2. The van der Waals surface area contributed by atoms with E-state index in [0.717, 1.165) is 26.2 Å². The van der Waals surface area contributed by atoms with Crippen LogP contribution in [0.3, 0.4) is 0 Å². The first kappa shape index (κ1) is 16.4. The molecule has 0 spiro atoms. The fourth-order valence-electron chi connectivity index (χ4n) is 1.40. The van der Waals surface area contributed by atoms with Crippen molar-refractivity contribution in [2.45, 2.75) is 26.3 Å². The number of carbonyl (C=O) groups is 1. The summed E-state index contributed by atoms with van der Waals surface area (Å²) < 4.78 is 9.88. The molecule has 0 aromatic heterocycles. The molecule has 0 saturated carbocycles. The third-order valence-corrected chi connectivity index (χ3v) is 2.44. The Labute approximate surface area is 104 Å². The highest BCUT2D eigenvalue weighted by Crippen LogP contribution is 1.93. The van der Waals surface area contributed by atoms with Crippen LogP contribution in [0.4, 0.5) is 0 Å². The number of nitrogens with zero attached hydrogens (tertiary/aromatic N) is 1. The zero-order chi connectivity index (χ0) is 13.1. The molecule has 0 aliphatic heterocycles. The number of rotatable bonds is 10. The van der Waals surface area contributed by atoms with Gasteiger partial charge in [-0.05, 0) is 20.9 Å². The first-order valence-corrected chi connectivity index (χ1v) is 6.16. The van der Waals surface area contributed by atoms with Crippen molar-refractivity contribution in [3.63, 3.8) is 0 Å². The summed E-state index contributed by atoms with van der Waals surface area (Å²) in [5, 5.41) is 3.30. The molecule has 0 aliphatic carbocycles. The number of methoxy groups -OCH3 is 1. The van der Waals surface area contributed by atoms with E-state index in [4.69, 9.17) is 9.47 Å². The van der Waals surface area contributed by atoms with E-state index < -0.39 is 0 Å². The van der Waals surface area contributed by atoms with Crippen LogP contribution in [0.5, 0.6) is 0 Å². The van der Waals surface area contributed by atoms with Crippen LogP contribution in [0.15, 0.2) is 0 Å². The molecule has 0 bridgehead atoms. The molecule has 0 saturated heterocycles. The van der Waals surface area contributed by atoms with Crippen LogP contribution in [-0.2, 0) is 14.3 Å². The van der Waals surface area contributed by atoms with Crippen LogP contribution in [0.2, 0.25) is 0 Å². The van der Waals surface area contributed by atoms with Gasteiger partial charge in [-0.3, -0.25) is 4.79 Å². The molecule has 17 heavy (non-hydrogen) atoms. The van der Waals surface area contributed by atoms with Gasteiger partial charge >= 0.3 is 5.97 Å². The van der Waals surface area contributed by atoms with Crippen LogP contribution in [0.1, 0.15) is 20.3 Å². The average Bonchev–Trinajstić information content (AvgIpc) is 2.26. The Hall–Kier alpha value is -0.650. The molecule has 1 atom stereocenters. The second-order valence-corrected chi connectivity index (χ2v) is 4.16. The number of likely N-dealkylation sites (N-methyl/N-ethyl adjacent to an activating group) is 1. The lowest BCUT2D eigenvalue weighted by molar-refractivity contribution is -0.143. The molecule has 5 nitrogen and oxygen atoms in total. The normalized spacial score (nSPS) is 12.8. The van der Waals surface area contributed by atoms with Gasteiger partial charge in [0.2, 0.25) is 0 Å². The first-order chi connectivity index (χ1) is 8.10. The molecular formula is C12H26N2O3. The van der Waals surface area contributed by atoms with E-state index in [1.54, 1.807) is 7.11 Å². The van der Waals surface area contributed by atoms with E-state index >= 15 is 0 Å². The smallest absolute Gasteiger partial charge is 0.307 e. The largest absolute Gasteiger partial charge is 0.466 e. The molecular weight excluding hydrogens is 220 g/mol. The minimum Gasteiger partial charge on any atom is -0.466 e. The van der Waals surface area contributed by atoms with Gasteiger partial charge in [-0.15, -0.1) is 0 Å². The summed E-state index contributed by atoms with van der Waals surface area (Å²) in [5.74, 6) is -0.139. The Bertz CT molecular complexity index is 200. The monoisotopic (exact) mass is 246 g/mol. The SMILES string of the molecule is CCOC(=O)CC(C)NCCN(C)CCOC. The third-order valence-electron chi connectivity index (χ3n) is 2.44. The van der Waals surface area contributed by atoms with Gasteiger partial charge < -0.3 is 19.7 Å². The molecule has 1 N–H and O–H groups in total. The number of hydrogen-bond donors (Lipinski definition) is 1. The van der Waals surface area contributed by atoms with Gasteiger partial charge in [0, 0.05) is 32.8 Å². The van der Waals surface area contributed by atoms with Gasteiger partial charge in [-0.1, -0.05) is 0 Å². The predicted octanol–water partition coefficient (Wildman–Crippen LogP) is 0.496. The molecule has 0 aromatic rings. The van der Waals surface area contributed by atoms with Gasteiger partial charge in [-0.25, -0.2) is 0 Å². The van der Waals surface area contributed by atoms with E-state index in [0.29, 0.717) is 13.0 Å². The summed E-state index contributed by atoms with van der Waals surface area (Å²) in [4.78, 5) is 13.4. The summed E-state index contributed by atoms with van der Waals surface area (Å²) >= 11 is 0. The Kier molecular flexibility index (Phi) is 10.1. The van der Waals surface area contributed by atoms with Gasteiger partial charge in [0.15, 0.2) is 0 Å². The number of ether oxygens (including phenoxy) is 2. The van der Waals surface area contributed by atoms with Crippen LogP contribution in [-0.4, -0.2) is 63.9 Å². The zero-order valence-electron chi connectivity index (χ0n) is 11.5. The number of esters is 1. The minimum absolute atomic E-state index is 0.139. The highest BCUT2D eigenvalue weighted by atomic mass is 16.5. The molecule has 102 valence electrons. The van der Waals surface area contributed by atoms with Gasteiger partial charge in [0.1, 0.15) is 0 Å². The molecule has 0 rings (SSSR count). The number of hydrogen-bond acceptors (Lipinski definition) is 5. The third kappa shape index (κ3) is 10.2. The number of carbonyl (C=O) groups excluding carboxylic acids is 1. The zero-order valence-corrected chi connectivity index (χ0v) is 11.5. The quantitative estimate of drug-likeness (QED) is 0.569. The van der Waals surface area contributed by atoms with Crippen molar-refractivity contribution in [3.05, 3.63) is 0 Å². The fraction of sp³-hybridized carbons (Fsp3) is 0.917. The lowest BCUT2D eigenvalue weighted by Crippen LogP contribution is -2.36. The van der Waals surface area contributed by atoms with E-state index in [-0.39, 0.29) is 12.0 Å². The maximum Gasteiger partial charge on any atom is 0.307 e. The second-order valence-electron chi connectivity index (χ2n) is 4.16. The standard InChI is InChI=1S/C12H26N2O3/c1-5-17-12(15)10-11(2)13-6-7-14(3)8-9-16-4/h11,13H,5-10H2,1-4H3. The van der Waals surface area contributed by atoms with Gasteiger partial charge in [0.05, 0.1) is 19.6 Å². The van der Waals surface area contributed by atoms with Gasteiger partial charge in [0.25, 0.3) is 0 Å². The highest BCUT2D eigenvalue weighted by molar-refractivity contribution is 5.69. The van der Waals surface area contributed by atoms with Crippen LogP contribution >= 0.6 is 0 Å². The van der Waals surface area contributed by atoms with Crippen molar-refractivity contribution >= 4 is 5.97 Å². The lowest BCUT2D eigenvalue weighted by Gasteiger charge is -2.18. The van der Waals surface area contributed by atoms with Crippen molar-refractivity contribution in [1.82, 2.24) is 10.2 Å². The van der Waals surface area contributed by atoms with E-state index in [1.165, 1.54) is 0 Å². The van der Waals surface area contributed by atoms with Crippen LogP contribution in [0.25, 0.3) is 0 Å². The molecule has 0 aromatic carbocycles.